The Bertz CT molecular complexity index is 1420. The number of hydrogen-bond donors (Lipinski definition) is 3. The van der Waals surface area contributed by atoms with E-state index in [1.807, 2.05) is 19.1 Å². The molecule has 3 aliphatic heterocycles. The number of fused-ring (bicyclic) bond motifs is 3. The van der Waals surface area contributed by atoms with E-state index in [0.717, 1.165) is 43.2 Å². The highest BCUT2D eigenvalue weighted by atomic mass is 16.6. The number of amides is 5. The normalized spacial score (nSPS) is 24.3. The summed E-state index contributed by atoms with van der Waals surface area (Å²) in [7, 11) is 0. The number of carbonyl (C=O) groups is 6. The van der Waals surface area contributed by atoms with Crippen molar-refractivity contribution in [2.75, 3.05) is 13.2 Å². The van der Waals surface area contributed by atoms with Gasteiger partial charge in [-0.1, -0.05) is 52.3 Å². The lowest BCUT2D eigenvalue weighted by Crippen LogP contribution is -2.59. The van der Waals surface area contributed by atoms with Gasteiger partial charge in [-0.05, 0) is 67.1 Å². The van der Waals surface area contributed by atoms with Crippen molar-refractivity contribution >= 4 is 35.7 Å². The van der Waals surface area contributed by atoms with Crippen molar-refractivity contribution < 1.29 is 38.2 Å². The molecule has 3 heterocycles. The monoisotopic (exact) mass is 667 g/mol. The molecule has 262 valence electrons. The summed E-state index contributed by atoms with van der Waals surface area (Å²) in [6.07, 6.45) is 3.47. The second kappa shape index (κ2) is 14.9. The minimum atomic E-state index is -1.12. The van der Waals surface area contributed by atoms with E-state index in [0.29, 0.717) is 25.9 Å². The smallest absolute Gasteiger partial charge is 0.410 e. The van der Waals surface area contributed by atoms with Crippen LogP contribution in [0.1, 0.15) is 95.8 Å². The van der Waals surface area contributed by atoms with E-state index in [4.69, 9.17) is 9.47 Å². The van der Waals surface area contributed by atoms with Crippen molar-refractivity contribution in [1.82, 2.24) is 25.8 Å². The number of nitrogens with one attached hydrogen (secondary N) is 3. The summed E-state index contributed by atoms with van der Waals surface area (Å²) in [4.78, 5) is 83.1. The van der Waals surface area contributed by atoms with Crippen LogP contribution in [0.4, 0.5) is 9.59 Å². The van der Waals surface area contributed by atoms with E-state index in [9.17, 15) is 28.8 Å². The predicted octanol–water partition coefficient (Wildman–Crippen LogP) is 3.11. The van der Waals surface area contributed by atoms with E-state index in [2.05, 4.69) is 22.0 Å². The molecule has 0 aromatic heterocycles. The molecule has 1 aliphatic carbocycles. The molecule has 0 radical (unpaired) electrons. The van der Waals surface area contributed by atoms with Crippen LogP contribution >= 0.6 is 0 Å². The maximum Gasteiger partial charge on any atom is 0.410 e. The van der Waals surface area contributed by atoms with Crippen LogP contribution in [0.25, 0.3) is 0 Å². The van der Waals surface area contributed by atoms with Gasteiger partial charge in [0.2, 0.25) is 17.6 Å². The van der Waals surface area contributed by atoms with Gasteiger partial charge in [-0.2, -0.15) is 0 Å². The Labute approximate surface area is 281 Å². The van der Waals surface area contributed by atoms with Crippen LogP contribution in [0.15, 0.2) is 18.2 Å². The molecule has 1 saturated carbocycles. The third-order valence-electron chi connectivity index (χ3n) is 9.50. The average Bonchev–Trinajstić information content (AvgIpc) is 3.56. The number of benzene rings is 1. The van der Waals surface area contributed by atoms with Gasteiger partial charge in [-0.3, -0.25) is 24.1 Å². The van der Waals surface area contributed by atoms with Gasteiger partial charge in [0.1, 0.15) is 18.2 Å². The van der Waals surface area contributed by atoms with Crippen molar-refractivity contribution in [3.63, 3.8) is 0 Å². The summed E-state index contributed by atoms with van der Waals surface area (Å²) in [6.45, 7) is 8.13. The van der Waals surface area contributed by atoms with E-state index in [-0.39, 0.29) is 32.0 Å². The van der Waals surface area contributed by atoms with Gasteiger partial charge in [0.25, 0.3) is 5.91 Å². The van der Waals surface area contributed by atoms with Gasteiger partial charge in [-0.15, -0.1) is 0 Å². The molecule has 13 heteroatoms. The number of ketones is 1. The van der Waals surface area contributed by atoms with E-state index in [1.54, 1.807) is 25.7 Å². The summed E-state index contributed by atoms with van der Waals surface area (Å²) in [5, 5.41) is 8.11. The molecular formula is C35H49N5O8. The Morgan fingerprint density at radius 1 is 1.04 bits per heavy atom. The molecule has 13 nitrogen and oxygen atoms in total. The second-order valence-electron chi connectivity index (χ2n) is 14.5. The maximum absolute atomic E-state index is 14.2. The molecule has 4 bridgehead atoms. The standard InChI is InChI=1S/C35H49N5O8/c1-5-10-26(28(41)31(43)36-23-14-15-23)37-30(42)27-17-24-19-40(27)32(44)29(35(2,3)4)38-33(45)47-16-8-6-7-11-21-12-9-13-22-18-39(20-25(21)22)34(46)48-24/h9,12-13,23-24,26-27,29H,5-8,10-11,14-20H2,1-4H3,(H,36,43)(H,37,42)(H,38,45)/t24-,26+,27+,29-/m1/s1. The zero-order chi connectivity index (χ0) is 34.6. The van der Waals surface area contributed by atoms with Crippen LogP contribution in [0.2, 0.25) is 0 Å². The molecule has 0 unspecified atom stereocenters. The van der Waals surface area contributed by atoms with E-state index in [1.165, 1.54) is 10.5 Å². The van der Waals surface area contributed by atoms with E-state index >= 15 is 0 Å². The molecule has 1 saturated heterocycles. The van der Waals surface area contributed by atoms with Crippen LogP contribution < -0.4 is 16.0 Å². The highest BCUT2D eigenvalue weighted by Crippen LogP contribution is 2.31. The third kappa shape index (κ3) is 8.46. The number of alkyl carbamates (subject to hydrolysis) is 1. The molecule has 1 aromatic rings. The SMILES string of the molecule is CCC[C@H](NC(=O)[C@@H]1C[C@@H]2CN1C(=O)[C@H](C(C)(C)C)NC(=O)OCCCCCc1cccc3c1CN(C3)C(=O)O2)C(=O)C(=O)NC1CC1. The molecule has 1 aromatic carbocycles. The fraction of sp³-hybridized carbons (Fsp3) is 0.657. The van der Waals surface area contributed by atoms with Gasteiger partial charge in [0.15, 0.2) is 0 Å². The molecule has 4 aliphatic rings. The lowest BCUT2D eigenvalue weighted by molar-refractivity contribution is -0.144. The minimum absolute atomic E-state index is 0.0159. The van der Waals surface area contributed by atoms with Gasteiger partial charge >= 0.3 is 12.2 Å². The Kier molecular flexibility index (Phi) is 10.9. The van der Waals surface area contributed by atoms with Gasteiger partial charge in [0, 0.05) is 25.6 Å². The topological polar surface area (TPSA) is 163 Å². The van der Waals surface area contributed by atoms with Crippen LogP contribution in [0, 0.1) is 5.41 Å². The summed E-state index contributed by atoms with van der Waals surface area (Å²) < 4.78 is 11.4. The summed E-state index contributed by atoms with van der Waals surface area (Å²) in [5.41, 5.74) is 2.56. The van der Waals surface area contributed by atoms with Crippen molar-refractivity contribution in [2.45, 2.75) is 129 Å². The number of hydrogen-bond acceptors (Lipinski definition) is 8. The zero-order valence-corrected chi connectivity index (χ0v) is 28.5. The molecule has 5 amide bonds. The summed E-state index contributed by atoms with van der Waals surface area (Å²) >= 11 is 0. The van der Waals surface area contributed by atoms with Crippen molar-refractivity contribution in [2.24, 2.45) is 5.41 Å². The van der Waals surface area contributed by atoms with E-state index < -0.39 is 65.3 Å². The third-order valence-corrected chi connectivity index (χ3v) is 9.50. The van der Waals surface area contributed by atoms with Gasteiger partial charge < -0.3 is 30.3 Å². The number of carbonyl (C=O) groups excluding carboxylic acids is 6. The fourth-order valence-electron chi connectivity index (χ4n) is 6.65. The van der Waals surface area contributed by atoms with Gasteiger partial charge in [-0.25, -0.2) is 9.59 Å². The number of rotatable bonds is 7. The maximum atomic E-state index is 14.2. The Balaban J connectivity index is 1.39. The summed E-state index contributed by atoms with van der Waals surface area (Å²) in [5.74, 6) is -2.66. The van der Waals surface area contributed by atoms with Gasteiger partial charge in [0.05, 0.1) is 19.2 Å². The first-order valence-electron chi connectivity index (χ1n) is 17.3. The van der Waals surface area contributed by atoms with Crippen LogP contribution in [-0.4, -0.2) is 88.9 Å². The average molecular weight is 668 g/mol. The summed E-state index contributed by atoms with van der Waals surface area (Å²) in [6, 6.07) is 2.77. The Morgan fingerprint density at radius 2 is 1.79 bits per heavy atom. The molecule has 3 N–H and O–H groups in total. The highest BCUT2D eigenvalue weighted by molar-refractivity contribution is 6.38. The Morgan fingerprint density at radius 3 is 2.50 bits per heavy atom. The van der Waals surface area contributed by atoms with Crippen LogP contribution in [0.5, 0.6) is 0 Å². The number of nitrogens with zero attached hydrogens (tertiary/aromatic N) is 2. The quantitative estimate of drug-likeness (QED) is 0.374. The molecule has 0 spiro atoms. The largest absolute Gasteiger partial charge is 0.450 e. The first kappa shape index (κ1) is 35.2. The lowest BCUT2D eigenvalue weighted by atomic mass is 9.85. The number of ether oxygens (including phenoxy) is 2. The minimum Gasteiger partial charge on any atom is -0.450 e. The first-order chi connectivity index (χ1) is 22.8. The molecule has 2 fully saturated rings. The molecule has 48 heavy (non-hydrogen) atoms. The lowest BCUT2D eigenvalue weighted by Gasteiger charge is -2.35. The fourth-order valence-corrected chi connectivity index (χ4v) is 6.65. The van der Waals surface area contributed by atoms with Crippen molar-refractivity contribution in [1.29, 1.82) is 0 Å². The Hall–Kier alpha value is -4.16. The van der Waals surface area contributed by atoms with Crippen LogP contribution in [0.3, 0.4) is 0 Å². The first-order valence-corrected chi connectivity index (χ1v) is 17.3. The molecule has 4 atom stereocenters. The zero-order valence-electron chi connectivity index (χ0n) is 28.5. The van der Waals surface area contributed by atoms with Crippen LogP contribution in [-0.2, 0) is 48.2 Å². The number of aryl methyl sites for hydroxylation is 1. The van der Waals surface area contributed by atoms with Crippen molar-refractivity contribution in [3.05, 3.63) is 34.9 Å². The molecule has 5 rings (SSSR count). The number of Topliss-reactive ketones (excluding diaryl/α,β-unsaturated/α-hetero) is 1. The predicted molar refractivity (Wildman–Crippen MR) is 174 cm³/mol. The second-order valence-corrected chi connectivity index (χ2v) is 14.5. The number of cyclic esters (lactones) is 1. The van der Waals surface area contributed by atoms with Crippen molar-refractivity contribution in [3.8, 4) is 0 Å². The highest BCUT2D eigenvalue weighted by Gasteiger charge is 2.47. The molecular weight excluding hydrogens is 618 g/mol.